The Morgan fingerprint density at radius 1 is 1.40 bits per heavy atom. The lowest BCUT2D eigenvalue weighted by molar-refractivity contribution is 0.275. The lowest BCUT2D eigenvalue weighted by atomic mass is 10.2. The van der Waals surface area contributed by atoms with Crippen LogP contribution in [-0.2, 0) is 6.54 Å². The van der Waals surface area contributed by atoms with Gasteiger partial charge in [-0.2, -0.15) is 0 Å². The summed E-state index contributed by atoms with van der Waals surface area (Å²) in [7, 11) is 0. The zero-order valence-electron chi connectivity index (χ0n) is 8.93. The van der Waals surface area contributed by atoms with Crippen molar-refractivity contribution in [3.05, 3.63) is 35.9 Å². The molecule has 1 saturated heterocycles. The lowest BCUT2D eigenvalue weighted by Crippen LogP contribution is -2.29. The van der Waals surface area contributed by atoms with Gasteiger partial charge in [0.25, 0.3) is 0 Å². The van der Waals surface area contributed by atoms with E-state index in [0.29, 0.717) is 0 Å². The molecule has 0 aromatic heterocycles. The molecule has 1 aliphatic rings. The molecule has 1 aromatic carbocycles. The molecule has 0 amide bonds. The third-order valence-corrected chi connectivity index (χ3v) is 3.04. The van der Waals surface area contributed by atoms with E-state index in [1.54, 1.807) is 0 Å². The van der Waals surface area contributed by atoms with Crippen LogP contribution in [-0.4, -0.2) is 28.4 Å². The molecule has 1 fully saturated rings. The van der Waals surface area contributed by atoms with Crippen LogP contribution < -0.4 is 0 Å². The van der Waals surface area contributed by atoms with Crippen LogP contribution in [0.4, 0.5) is 0 Å². The smallest absolute Gasteiger partial charge is 0.0752 e. The number of rotatable bonds is 2. The molecule has 0 radical (unpaired) electrons. The SMILES string of the molecule is C[C@H]1/C(=N/O)CCN1Cc1ccccc1. The van der Waals surface area contributed by atoms with Crippen molar-refractivity contribution < 1.29 is 5.21 Å². The minimum Gasteiger partial charge on any atom is -0.411 e. The summed E-state index contributed by atoms with van der Waals surface area (Å²) in [5.41, 5.74) is 2.20. The van der Waals surface area contributed by atoms with E-state index in [2.05, 4.69) is 41.2 Å². The maximum absolute atomic E-state index is 8.78. The molecular weight excluding hydrogens is 188 g/mol. The first kappa shape index (κ1) is 10.2. The van der Waals surface area contributed by atoms with Crippen LogP contribution in [0.2, 0.25) is 0 Å². The van der Waals surface area contributed by atoms with Crippen molar-refractivity contribution in [3.63, 3.8) is 0 Å². The highest BCUT2D eigenvalue weighted by Gasteiger charge is 2.26. The predicted octanol–water partition coefficient (Wildman–Crippen LogP) is 2.11. The van der Waals surface area contributed by atoms with E-state index in [1.165, 1.54) is 5.56 Å². The van der Waals surface area contributed by atoms with Crippen molar-refractivity contribution in [1.82, 2.24) is 4.90 Å². The second-order valence-electron chi connectivity index (χ2n) is 3.97. The normalized spacial score (nSPS) is 24.9. The largest absolute Gasteiger partial charge is 0.411 e. The van der Waals surface area contributed by atoms with Crippen molar-refractivity contribution in [1.29, 1.82) is 0 Å². The van der Waals surface area contributed by atoms with Gasteiger partial charge in [0.15, 0.2) is 0 Å². The van der Waals surface area contributed by atoms with E-state index in [-0.39, 0.29) is 6.04 Å². The maximum atomic E-state index is 8.78. The van der Waals surface area contributed by atoms with Crippen molar-refractivity contribution in [3.8, 4) is 0 Å². The number of nitrogens with zero attached hydrogens (tertiary/aromatic N) is 2. The van der Waals surface area contributed by atoms with Gasteiger partial charge in [-0.3, -0.25) is 4.90 Å². The molecule has 1 N–H and O–H groups in total. The van der Waals surface area contributed by atoms with Gasteiger partial charge in [0.1, 0.15) is 0 Å². The number of benzene rings is 1. The summed E-state index contributed by atoms with van der Waals surface area (Å²) in [5, 5.41) is 12.1. The Hall–Kier alpha value is -1.35. The first-order valence-electron chi connectivity index (χ1n) is 5.30. The Balaban J connectivity index is 2.03. The summed E-state index contributed by atoms with van der Waals surface area (Å²) in [4.78, 5) is 2.32. The fourth-order valence-electron chi connectivity index (χ4n) is 2.04. The summed E-state index contributed by atoms with van der Waals surface area (Å²) in [6.07, 6.45) is 0.879. The van der Waals surface area contributed by atoms with Gasteiger partial charge < -0.3 is 5.21 Å². The van der Waals surface area contributed by atoms with Crippen LogP contribution >= 0.6 is 0 Å². The van der Waals surface area contributed by atoms with Crippen LogP contribution in [0.1, 0.15) is 18.9 Å². The second kappa shape index (κ2) is 4.45. The molecule has 3 nitrogen and oxygen atoms in total. The molecule has 0 spiro atoms. The van der Waals surface area contributed by atoms with Crippen LogP contribution in [0.25, 0.3) is 0 Å². The quantitative estimate of drug-likeness (QED) is 0.591. The summed E-state index contributed by atoms with van der Waals surface area (Å²) in [6, 6.07) is 10.6. The van der Waals surface area contributed by atoms with Gasteiger partial charge in [0.2, 0.25) is 0 Å². The molecule has 0 aliphatic carbocycles. The molecular formula is C12H16N2O. The van der Waals surface area contributed by atoms with E-state index in [4.69, 9.17) is 5.21 Å². The molecule has 0 saturated carbocycles. The Morgan fingerprint density at radius 2 is 2.13 bits per heavy atom. The van der Waals surface area contributed by atoms with Gasteiger partial charge in [-0.1, -0.05) is 35.5 Å². The molecule has 15 heavy (non-hydrogen) atoms. The van der Waals surface area contributed by atoms with Crippen molar-refractivity contribution in [2.75, 3.05) is 6.54 Å². The predicted molar refractivity (Wildman–Crippen MR) is 60.2 cm³/mol. The van der Waals surface area contributed by atoms with E-state index in [0.717, 1.165) is 25.2 Å². The van der Waals surface area contributed by atoms with E-state index in [1.807, 2.05) is 6.07 Å². The summed E-state index contributed by atoms with van der Waals surface area (Å²) in [5.74, 6) is 0. The Bertz CT molecular complexity index is 348. The zero-order chi connectivity index (χ0) is 10.7. The molecule has 1 atom stereocenters. The number of hydrogen-bond donors (Lipinski definition) is 1. The van der Waals surface area contributed by atoms with Gasteiger partial charge in [-0.25, -0.2) is 0 Å². The summed E-state index contributed by atoms with van der Waals surface area (Å²) < 4.78 is 0. The van der Waals surface area contributed by atoms with Gasteiger partial charge in [-0.05, 0) is 12.5 Å². The average Bonchev–Trinajstić information content (AvgIpc) is 2.62. The molecule has 2 rings (SSSR count). The van der Waals surface area contributed by atoms with E-state index >= 15 is 0 Å². The molecule has 1 aromatic rings. The molecule has 3 heteroatoms. The second-order valence-corrected chi connectivity index (χ2v) is 3.97. The first-order chi connectivity index (χ1) is 7.31. The highest BCUT2D eigenvalue weighted by atomic mass is 16.4. The lowest BCUT2D eigenvalue weighted by Gasteiger charge is -2.20. The highest BCUT2D eigenvalue weighted by Crippen LogP contribution is 2.17. The van der Waals surface area contributed by atoms with E-state index in [9.17, 15) is 0 Å². The van der Waals surface area contributed by atoms with Crippen LogP contribution in [0.5, 0.6) is 0 Å². The Labute approximate surface area is 90.0 Å². The molecule has 80 valence electrons. The van der Waals surface area contributed by atoms with Gasteiger partial charge in [0.05, 0.1) is 5.71 Å². The van der Waals surface area contributed by atoms with Crippen LogP contribution in [0.3, 0.4) is 0 Å². The minimum absolute atomic E-state index is 0.259. The van der Waals surface area contributed by atoms with Gasteiger partial charge >= 0.3 is 0 Å². The fraction of sp³-hybridized carbons (Fsp3) is 0.417. The van der Waals surface area contributed by atoms with Crippen molar-refractivity contribution in [2.24, 2.45) is 5.16 Å². The number of likely N-dealkylation sites (tertiary alicyclic amines) is 1. The molecule has 1 aliphatic heterocycles. The average molecular weight is 204 g/mol. The minimum atomic E-state index is 0.259. The Kier molecular flexibility index (Phi) is 3.02. The molecule has 0 bridgehead atoms. The highest BCUT2D eigenvalue weighted by molar-refractivity contribution is 5.90. The van der Waals surface area contributed by atoms with Crippen LogP contribution in [0, 0.1) is 0 Å². The van der Waals surface area contributed by atoms with E-state index < -0.39 is 0 Å². The molecule has 0 unspecified atom stereocenters. The third kappa shape index (κ3) is 2.18. The fourth-order valence-corrected chi connectivity index (χ4v) is 2.04. The molecule has 1 heterocycles. The summed E-state index contributed by atoms with van der Waals surface area (Å²) >= 11 is 0. The third-order valence-electron chi connectivity index (χ3n) is 3.04. The van der Waals surface area contributed by atoms with Gasteiger partial charge in [0, 0.05) is 25.6 Å². The summed E-state index contributed by atoms with van der Waals surface area (Å²) in [6.45, 7) is 4.00. The van der Waals surface area contributed by atoms with Gasteiger partial charge in [-0.15, -0.1) is 0 Å². The monoisotopic (exact) mass is 204 g/mol. The maximum Gasteiger partial charge on any atom is 0.0752 e. The number of oxime groups is 1. The van der Waals surface area contributed by atoms with Crippen LogP contribution in [0.15, 0.2) is 35.5 Å². The standard InChI is InChI=1S/C12H16N2O/c1-10-12(13-15)7-8-14(10)9-11-5-3-2-4-6-11/h2-6,10,15H,7-9H2,1H3/b13-12+/t10-/m0/s1. The van der Waals surface area contributed by atoms with Crippen molar-refractivity contribution in [2.45, 2.75) is 25.9 Å². The van der Waals surface area contributed by atoms with Crippen molar-refractivity contribution >= 4 is 5.71 Å². The zero-order valence-corrected chi connectivity index (χ0v) is 8.93. The topological polar surface area (TPSA) is 35.8 Å². The first-order valence-corrected chi connectivity index (χ1v) is 5.30. The number of hydrogen-bond acceptors (Lipinski definition) is 3. The Morgan fingerprint density at radius 3 is 2.73 bits per heavy atom.